The number of halogens is 1. The summed E-state index contributed by atoms with van der Waals surface area (Å²) in [6.45, 7) is 0.203. The second-order valence-corrected chi connectivity index (χ2v) is 3.29. The van der Waals surface area contributed by atoms with E-state index in [2.05, 4.69) is 0 Å². The van der Waals surface area contributed by atoms with Gasteiger partial charge >= 0.3 is 5.69 Å². The van der Waals surface area contributed by atoms with E-state index in [-0.39, 0.29) is 6.61 Å². The summed E-state index contributed by atoms with van der Waals surface area (Å²) in [5.74, 6) is -1.11. The van der Waals surface area contributed by atoms with Gasteiger partial charge in [-0.2, -0.15) is 4.39 Å². The molecule has 7 heteroatoms. The van der Waals surface area contributed by atoms with E-state index in [0.717, 1.165) is 4.57 Å². The molecule has 1 aromatic heterocycles. The van der Waals surface area contributed by atoms with Crippen molar-refractivity contribution in [1.82, 2.24) is 9.55 Å². The topological polar surface area (TPSA) is 84.3 Å². The van der Waals surface area contributed by atoms with Crippen molar-refractivity contribution in [3.8, 4) is 0 Å². The molecular formula is C9H9FN2O4. The maximum atomic E-state index is 13.0. The summed E-state index contributed by atoms with van der Waals surface area (Å²) >= 11 is 0. The van der Waals surface area contributed by atoms with Crippen LogP contribution in [0.5, 0.6) is 0 Å². The zero-order valence-corrected chi connectivity index (χ0v) is 8.09. The largest absolute Gasteiger partial charge is 0.384 e. The Hall–Kier alpha value is -1.73. The van der Waals surface area contributed by atoms with E-state index in [1.54, 1.807) is 11.1 Å². The van der Waals surface area contributed by atoms with Gasteiger partial charge in [0.15, 0.2) is 6.23 Å². The quantitative estimate of drug-likeness (QED) is 0.611. The first kappa shape index (κ1) is 10.8. The van der Waals surface area contributed by atoms with E-state index >= 15 is 0 Å². The first-order valence-electron chi connectivity index (χ1n) is 4.57. The Morgan fingerprint density at radius 2 is 2.31 bits per heavy atom. The fourth-order valence-corrected chi connectivity index (χ4v) is 1.44. The number of nitrogens with zero attached hydrogens (tertiary/aromatic N) is 1. The standard InChI is InChI=1S/C9H9FN2O4/c10-5-4-12(9(15)11-7(5)14)8-6(13)2-1-3-16-8/h1-2,4,6,8,13H,3H2,(H,11,14,15)/t6-,8-/m0/s1. The van der Waals surface area contributed by atoms with Crippen molar-refractivity contribution in [3.05, 3.63) is 45.0 Å². The summed E-state index contributed by atoms with van der Waals surface area (Å²) in [6, 6.07) is 0. The number of rotatable bonds is 1. The van der Waals surface area contributed by atoms with Crippen molar-refractivity contribution < 1.29 is 14.2 Å². The number of aliphatic hydroxyl groups excluding tert-OH is 1. The van der Waals surface area contributed by atoms with Crippen LogP contribution in [0.25, 0.3) is 0 Å². The minimum atomic E-state index is -1.11. The van der Waals surface area contributed by atoms with Gasteiger partial charge in [-0.05, 0) is 0 Å². The van der Waals surface area contributed by atoms with Crippen molar-refractivity contribution in [2.45, 2.75) is 12.3 Å². The Bertz CT molecular complexity index is 533. The van der Waals surface area contributed by atoms with E-state index < -0.39 is 29.4 Å². The van der Waals surface area contributed by atoms with Crippen molar-refractivity contribution >= 4 is 0 Å². The first-order valence-corrected chi connectivity index (χ1v) is 4.57. The van der Waals surface area contributed by atoms with Crippen LogP contribution in [0.1, 0.15) is 6.23 Å². The molecular weight excluding hydrogens is 219 g/mol. The summed E-state index contributed by atoms with van der Waals surface area (Å²) in [5.41, 5.74) is -1.92. The molecule has 0 amide bonds. The lowest BCUT2D eigenvalue weighted by atomic mass is 10.2. The number of nitrogens with one attached hydrogen (secondary N) is 1. The highest BCUT2D eigenvalue weighted by molar-refractivity contribution is 4.98. The van der Waals surface area contributed by atoms with Crippen molar-refractivity contribution in [3.63, 3.8) is 0 Å². The molecule has 0 spiro atoms. The van der Waals surface area contributed by atoms with Crippen LogP contribution in [0.4, 0.5) is 4.39 Å². The minimum Gasteiger partial charge on any atom is -0.384 e. The molecule has 2 rings (SSSR count). The molecule has 16 heavy (non-hydrogen) atoms. The van der Waals surface area contributed by atoms with Gasteiger partial charge < -0.3 is 9.84 Å². The van der Waals surface area contributed by atoms with Gasteiger partial charge in [0.05, 0.1) is 12.8 Å². The van der Waals surface area contributed by atoms with Crippen molar-refractivity contribution in [1.29, 1.82) is 0 Å². The maximum Gasteiger partial charge on any atom is 0.330 e. The Morgan fingerprint density at radius 3 is 3.00 bits per heavy atom. The minimum absolute atomic E-state index is 0.203. The Labute approximate surface area is 88.6 Å². The molecule has 1 aromatic rings. The molecule has 6 nitrogen and oxygen atoms in total. The number of aromatic amines is 1. The van der Waals surface area contributed by atoms with Gasteiger partial charge in [-0.15, -0.1) is 0 Å². The normalized spacial score (nSPS) is 24.6. The van der Waals surface area contributed by atoms with E-state index in [9.17, 15) is 19.1 Å². The fraction of sp³-hybridized carbons (Fsp3) is 0.333. The predicted octanol–water partition coefficient (Wildman–Crippen LogP) is -0.878. The van der Waals surface area contributed by atoms with Crippen LogP contribution in [0, 0.1) is 5.82 Å². The fourth-order valence-electron chi connectivity index (χ4n) is 1.44. The first-order chi connectivity index (χ1) is 7.59. The SMILES string of the molecule is O=c1[nH]c(=O)n([C@H]2OCC=C[C@@H]2O)cc1F. The lowest BCUT2D eigenvalue weighted by molar-refractivity contribution is -0.0649. The molecule has 0 bridgehead atoms. The van der Waals surface area contributed by atoms with Crippen LogP contribution < -0.4 is 11.2 Å². The predicted molar refractivity (Wildman–Crippen MR) is 51.4 cm³/mol. The van der Waals surface area contributed by atoms with E-state index in [1.807, 2.05) is 0 Å². The maximum absolute atomic E-state index is 13.0. The molecule has 1 aliphatic heterocycles. The van der Waals surface area contributed by atoms with E-state index in [1.165, 1.54) is 6.08 Å². The highest BCUT2D eigenvalue weighted by Crippen LogP contribution is 2.16. The monoisotopic (exact) mass is 228 g/mol. The molecule has 2 N–H and O–H groups in total. The summed E-state index contributed by atoms with van der Waals surface area (Å²) in [5, 5.41) is 9.52. The number of aliphatic hydroxyl groups is 1. The average Bonchev–Trinajstić information content (AvgIpc) is 2.25. The molecule has 0 unspecified atom stereocenters. The van der Waals surface area contributed by atoms with Gasteiger partial charge in [0.2, 0.25) is 5.82 Å². The summed E-state index contributed by atoms with van der Waals surface area (Å²) in [7, 11) is 0. The zero-order valence-electron chi connectivity index (χ0n) is 8.09. The highest BCUT2D eigenvalue weighted by Gasteiger charge is 2.23. The molecule has 0 saturated heterocycles. The lowest BCUT2D eigenvalue weighted by Crippen LogP contribution is -2.39. The van der Waals surface area contributed by atoms with Crippen LogP contribution in [0.15, 0.2) is 27.9 Å². The molecule has 2 heterocycles. The average molecular weight is 228 g/mol. The van der Waals surface area contributed by atoms with Crippen LogP contribution in [0.3, 0.4) is 0 Å². The van der Waals surface area contributed by atoms with Gasteiger partial charge in [0, 0.05) is 0 Å². The van der Waals surface area contributed by atoms with Crippen molar-refractivity contribution in [2.24, 2.45) is 0 Å². The number of aromatic nitrogens is 2. The highest BCUT2D eigenvalue weighted by atomic mass is 19.1. The van der Waals surface area contributed by atoms with Crippen molar-refractivity contribution in [2.75, 3.05) is 6.61 Å². The Morgan fingerprint density at radius 1 is 1.56 bits per heavy atom. The van der Waals surface area contributed by atoms with Gasteiger partial charge in [-0.3, -0.25) is 14.3 Å². The third kappa shape index (κ3) is 1.82. The van der Waals surface area contributed by atoms with E-state index in [0.29, 0.717) is 6.20 Å². The molecule has 86 valence electrons. The van der Waals surface area contributed by atoms with Gasteiger partial charge in [-0.25, -0.2) is 4.79 Å². The molecule has 1 aliphatic rings. The van der Waals surface area contributed by atoms with Gasteiger partial charge in [0.25, 0.3) is 5.56 Å². The number of ether oxygens (including phenoxy) is 1. The second kappa shape index (κ2) is 4.03. The Kier molecular flexibility index (Phi) is 2.71. The van der Waals surface area contributed by atoms with Gasteiger partial charge in [0.1, 0.15) is 6.10 Å². The summed E-state index contributed by atoms with van der Waals surface area (Å²) in [6.07, 6.45) is 1.65. The molecule has 0 aromatic carbocycles. The molecule has 0 aliphatic carbocycles. The van der Waals surface area contributed by atoms with Gasteiger partial charge in [-0.1, -0.05) is 12.2 Å². The molecule has 0 radical (unpaired) electrons. The number of hydrogen-bond donors (Lipinski definition) is 2. The Balaban J connectivity index is 2.48. The third-order valence-electron chi connectivity index (χ3n) is 2.19. The number of H-pyrrole nitrogens is 1. The molecule has 0 fully saturated rings. The second-order valence-electron chi connectivity index (χ2n) is 3.29. The summed E-state index contributed by atoms with van der Waals surface area (Å²) < 4.78 is 18.9. The van der Waals surface area contributed by atoms with E-state index in [4.69, 9.17) is 4.74 Å². The third-order valence-corrected chi connectivity index (χ3v) is 2.19. The summed E-state index contributed by atoms with van der Waals surface area (Å²) in [4.78, 5) is 23.9. The number of hydrogen-bond acceptors (Lipinski definition) is 4. The van der Waals surface area contributed by atoms with Crippen LogP contribution in [-0.2, 0) is 4.74 Å². The zero-order chi connectivity index (χ0) is 11.7. The molecule has 0 saturated carbocycles. The van der Waals surface area contributed by atoms with Crippen LogP contribution in [0.2, 0.25) is 0 Å². The lowest BCUT2D eigenvalue weighted by Gasteiger charge is -2.25. The molecule has 2 atom stereocenters. The van der Waals surface area contributed by atoms with Crippen LogP contribution in [-0.4, -0.2) is 27.4 Å². The smallest absolute Gasteiger partial charge is 0.330 e. The van der Waals surface area contributed by atoms with Crippen LogP contribution >= 0.6 is 0 Å².